The highest BCUT2D eigenvalue weighted by atomic mass is 32.2. The van der Waals surface area contributed by atoms with Gasteiger partial charge in [-0.25, -0.2) is 9.97 Å². The number of nitrogens with one attached hydrogen (secondary N) is 1. The number of thioether (sulfide) groups is 1. The molecule has 4 heteroatoms. The molecule has 1 rings (SSSR count). The molecule has 0 atom stereocenters. The highest BCUT2D eigenvalue weighted by Crippen LogP contribution is 2.20. The van der Waals surface area contributed by atoms with Gasteiger partial charge in [0.25, 0.3) is 0 Å². The van der Waals surface area contributed by atoms with Gasteiger partial charge in [0.2, 0.25) is 0 Å². The molecule has 102 valence electrons. The molecule has 1 heterocycles. The van der Waals surface area contributed by atoms with Gasteiger partial charge in [0.15, 0.2) is 0 Å². The monoisotopic (exact) mass is 267 g/mol. The molecular formula is C14H25N3S. The first-order chi connectivity index (χ1) is 8.52. The minimum atomic E-state index is 0.443. The number of rotatable bonds is 7. The Morgan fingerprint density at radius 2 is 1.94 bits per heavy atom. The molecule has 0 bridgehead atoms. The summed E-state index contributed by atoms with van der Waals surface area (Å²) < 4.78 is 0. The Morgan fingerprint density at radius 3 is 2.50 bits per heavy atom. The zero-order chi connectivity index (χ0) is 13.5. The van der Waals surface area contributed by atoms with Gasteiger partial charge in [0.05, 0.1) is 5.75 Å². The summed E-state index contributed by atoms with van der Waals surface area (Å²) in [5.74, 6) is 3.24. The molecule has 0 aliphatic heterocycles. The summed E-state index contributed by atoms with van der Waals surface area (Å²) in [5.41, 5.74) is 1.13. The SMILES string of the molecule is CCCNc1cc(C(C)C)nc(CSC(C)C)n1. The average Bonchev–Trinajstić information content (AvgIpc) is 2.33. The van der Waals surface area contributed by atoms with E-state index < -0.39 is 0 Å². The lowest BCUT2D eigenvalue weighted by molar-refractivity contribution is 0.798. The summed E-state index contributed by atoms with van der Waals surface area (Å²) in [6, 6.07) is 2.07. The zero-order valence-corrected chi connectivity index (χ0v) is 13.0. The van der Waals surface area contributed by atoms with Crippen molar-refractivity contribution in [3.8, 4) is 0 Å². The molecule has 18 heavy (non-hydrogen) atoms. The normalized spacial score (nSPS) is 11.3. The molecule has 0 saturated heterocycles. The van der Waals surface area contributed by atoms with Gasteiger partial charge in [-0.3, -0.25) is 0 Å². The van der Waals surface area contributed by atoms with Crippen LogP contribution >= 0.6 is 11.8 Å². The van der Waals surface area contributed by atoms with Crippen LogP contribution in [0.3, 0.4) is 0 Å². The van der Waals surface area contributed by atoms with Crippen molar-refractivity contribution >= 4 is 17.6 Å². The van der Waals surface area contributed by atoms with E-state index in [0.717, 1.165) is 36.1 Å². The summed E-state index contributed by atoms with van der Waals surface area (Å²) >= 11 is 1.88. The van der Waals surface area contributed by atoms with Crippen LogP contribution in [0.5, 0.6) is 0 Å². The maximum absolute atomic E-state index is 4.64. The maximum atomic E-state index is 4.64. The van der Waals surface area contributed by atoms with Crippen LogP contribution in [-0.4, -0.2) is 21.8 Å². The molecule has 0 spiro atoms. The number of hydrogen-bond donors (Lipinski definition) is 1. The quantitative estimate of drug-likeness (QED) is 0.808. The van der Waals surface area contributed by atoms with Gasteiger partial charge in [-0.05, 0) is 17.6 Å². The Labute approximate surface area is 115 Å². The van der Waals surface area contributed by atoms with E-state index in [0.29, 0.717) is 11.2 Å². The number of anilines is 1. The van der Waals surface area contributed by atoms with Gasteiger partial charge in [0.1, 0.15) is 11.6 Å². The van der Waals surface area contributed by atoms with Crippen molar-refractivity contribution in [2.75, 3.05) is 11.9 Å². The lowest BCUT2D eigenvalue weighted by atomic mass is 10.1. The Balaban J connectivity index is 2.83. The van der Waals surface area contributed by atoms with Crippen LogP contribution in [0.25, 0.3) is 0 Å². The fourth-order valence-corrected chi connectivity index (χ4v) is 2.07. The Morgan fingerprint density at radius 1 is 1.22 bits per heavy atom. The van der Waals surface area contributed by atoms with Crippen molar-refractivity contribution < 1.29 is 0 Å². The van der Waals surface area contributed by atoms with E-state index in [1.54, 1.807) is 0 Å². The van der Waals surface area contributed by atoms with Crippen LogP contribution in [0.4, 0.5) is 5.82 Å². The molecule has 0 saturated carbocycles. The highest BCUT2D eigenvalue weighted by molar-refractivity contribution is 7.99. The molecular weight excluding hydrogens is 242 g/mol. The first-order valence-corrected chi connectivity index (χ1v) is 7.81. The third kappa shape index (κ3) is 5.25. The third-order valence-electron chi connectivity index (χ3n) is 2.49. The van der Waals surface area contributed by atoms with Crippen LogP contribution in [-0.2, 0) is 5.75 Å². The van der Waals surface area contributed by atoms with Crippen molar-refractivity contribution in [2.24, 2.45) is 0 Å². The van der Waals surface area contributed by atoms with Crippen LogP contribution in [0.2, 0.25) is 0 Å². The Kier molecular flexibility index (Phi) is 6.47. The van der Waals surface area contributed by atoms with Gasteiger partial charge in [-0.1, -0.05) is 34.6 Å². The van der Waals surface area contributed by atoms with E-state index in [2.05, 4.69) is 56.0 Å². The maximum Gasteiger partial charge on any atom is 0.140 e. The van der Waals surface area contributed by atoms with Crippen LogP contribution in [0.15, 0.2) is 6.07 Å². The average molecular weight is 267 g/mol. The molecule has 0 aliphatic rings. The fraction of sp³-hybridized carbons (Fsp3) is 0.714. The molecule has 0 unspecified atom stereocenters. The summed E-state index contributed by atoms with van der Waals surface area (Å²) in [6.07, 6.45) is 1.11. The second-order valence-corrected chi connectivity index (χ2v) is 6.60. The lowest BCUT2D eigenvalue weighted by Gasteiger charge is -2.12. The van der Waals surface area contributed by atoms with Crippen molar-refractivity contribution in [3.05, 3.63) is 17.6 Å². The summed E-state index contributed by atoms with van der Waals surface area (Å²) in [4.78, 5) is 9.22. The molecule has 3 nitrogen and oxygen atoms in total. The van der Waals surface area contributed by atoms with E-state index in [1.165, 1.54) is 0 Å². The van der Waals surface area contributed by atoms with Crippen molar-refractivity contribution in [1.29, 1.82) is 0 Å². The lowest BCUT2D eigenvalue weighted by Crippen LogP contribution is -2.08. The predicted octanol–water partition coefficient (Wildman–Crippen LogP) is 4.06. The van der Waals surface area contributed by atoms with E-state index in [4.69, 9.17) is 0 Å². The number of hydrogen-bond acceptors (Lipinski definition) is 4. The standard InChI is InChI=1S/C14H25N3S/c1-6-7-15-13-8-12(10(2)3)16-14(17-13)9-18-11(4)5/h8,10-11H,6-7,9H2,1-5H3,(H,15,16,17). The van der Waals surface area contributed by atoms with E-state index in [1.807, 2.05) is 11.8 Å². The van der Waals surface area contributed by atoms with Crippen molar-refractivity contribution in [1.82, 2.24) is 9.97 Å². The smallest absolute Gasteiger partial charge is 0.140 e. The summed E-state index contributed by atoms with van der Waals surface area (Å²) in [5, 5.41) is 3.97. The molecule has 0 aliphatic carbocycles. The van der Waals surface area contributed by atoms with Gasteiger partial charge in [0, 0.05) is 18.3 Å². The molecule has 0 aromatic carbocycles. The molecule has 0 amide bonds. The first-order valence-electron chi connectivity index (χ1n) is 6.76. The van der Waals surface area contributed by atoms with Crippen LogP contribution in [0, 0.1) is 0 Å². The minimum Gasteiger partial charge on any atom is -0.370 e. The Hall–Kier alpha value is -0.770. The molecule has 0 fully saturated rings. The molecule has 1 aromatic heterocycles. The largest absolute Gasteiger partial charge is 0.370 e. The van der Waals surface area contributed by atoms with Gasteiger partial charge in [-0.15, -0.1) is 0 Å². The fourth-order valence-electron chi connectivity index (χ4n) is 1.46. The predicted molar refractivity (Wildman–Crippen MR) is 81.3 cm³/mol. The van der Waals surface area contributed by atoms with Gasteiger partial charge < -0.3 is 5.32 Å². The van der Waals surface area contributed by atoms with Crippen molar-refractivity contribution in [3.63, 3.8) is 0 Å². The number of aromatic nitrogens is 2. The molecule has 0 radical (unpaired) electrons. The summed E-state index contributed by atoms with van der Waals surface area (Å²) in [6.45, 7) is 11.9. The topological polar surface area (TPSA) is 37.8 Å². The van der Waals surface area contributed by atoms with Crippen molar-refractivity contribution in [2.45, 2.75) is 58.0 Å². The first kappa shape index (κ1) is 15.3. The van der Waals surface area contributed by atoms with E-state index in [-0.39, 0.29) is 0 Å². The third-order valence-corrected chi connectivity index (χ3v) is 3.58. The number of nitrogens with zero attached hydrogens (tertiary/aromatic N) is 2. The minimum absolute atomic E-state index is 0.443. The highest BCUT2D eigenvalue weighted by Gasteiger charge is 2.08. The second-order valence-electron chi connectivity index (χ2n) is 5.04. The van der Waals surface area contributed by atoms with Crippen LogP contribution < -0.4 is 5.32 Å². The van der Waals surface area contributed by atoms with Crippen LogP contribution in [0.1, 0.15) is 58.5 Å². The summed E-state index contributed by atoms with van der Waals surface area (Å²) in [7, 11) is 0. The van der Waals surface area contributed by atoms with Gasteiger partial charge >= 0.3 is 0 Å². The molecule has 1 N–H and O–H groups in total. The zero-order valence-electron chi connectivity index (χ0n) is 12.2. The van der Waals surface area contributed by atoms with E-state index in [9.17, 15) is 0 Å². The Bertz CT molecular complexity index is 364. The second kappa shape index (κ2) is 7.62. The van der Waals surface area contributed by atoms with E-state index >= 15 is 0 Å². The molecule has 1 aromatic rings. The van der Waals surface area contributed by atoms with Gasteiger partial charge in [-0.2, -0.15) is 11.8 Å².